The van der Waals surface area contributed by atoms with E-state index < -0.39 is 94.1 Å². The Balaban J connectivity index is 1.63. The fraction of sp³-hybridized carbons (Fsp3) is 0.647. The van der Waals surface area contributed by atoms with Gasteiger partial charge in [-0.25, -0.2) is 4.79 Å². The number of carbonyl (C=O) groups excluding carboxylic acids is 4. The summed E-state index contributed by atoms with van der Waals surface area (Å²) in [5.74, 6) is -4.17. The first kappa shape index (κ1) is 34.2. The van der Waals surface area contributed by atoms with Crippen molar-refractivity contribution in [3.05, 3.63) is 47.0 Å². The van der Waals surface area contributed by atoms with Crippen molar-refractivity contribution in [2.45, 2.75) is 110 Å². The third-order valence-corrected chi connectivity index (χ3v) is 11.6. The van der Waals surface area contributed by atoms with Gasteiger partial charge in [0.2, 0.25) is 5.91 Å². The Morgan fingerprint density at radius 3 is 2.22 bits per heavy atom. The molecule has 0 radical (unpaired) electrons. The van der Waals surface area contributed by atoms with Gasteiger partial charge < -0.3 is 40.0 Å². The average molecular weight is 644 g/mol. The Bertz CT molecular complexity index is 1460. The van der Waals surface area contributed by atoms with E-state index in [1.54, 1.807) is 58.0 Å². The second-order valence-electron chi connectivity index (χ2n) is 14.4. The highest BCUT2D eigenvalue weighted by Gasteiger charge is 2.75. The first-order chi connectivity index (χ1) is 21.3. The number of benzene rings is 1. The first-order valence-corrected chi connectivity index (χ1v) is 15.7. The molecule has 3 fully saturated rings. The van der Waals surface area contributed by atoms with Gasteiger partial charge in [-0.2, -0.15) is 0 Å². The minimum Gasteiger partial charge on any atom is -0.461 e. The van der Waals surface area contributed by atoms with E-state index in [2.05, 4.69) is 5.32 Å². The van der Waals surface area contributed by atoms with Crippen molar-refractivity contribution in [3.8, 4) is 0 Å². The van der Waals surface area contributed by atoms with Crippen LogP contribution in [0.3, 0.4) is 0 Å². The van der Waals surface area contributed by atoms with Gasteiger partial charge in [0.15, 0.2) is 11.9 Å². The molecule has 3 aliphatic carbocycles. The van der Waals surface area contributed by atoms with Gasteiger partial charge >= 0.3 is 11.9 Å². The van der Waals surface area contributed by atoms with Crippen LogP contribution in [0.5, 0.6) is 0 Å². The fourth-order valence-corrected chi connectivity index (χ4v) is 8.67. The molecule has 2 bridgehead atoms. The van der Waals surface area contributed by atoms with E-state index in [1.807, 2.05) is 0 Å². The average Bonchev–Trinajstić information content (AvgIpc) is 2.98. The molecule has 12 nitrogen and oxygen atoms in total. The molecule has 5 N–H and O–H groups in total. The smallest absolute Gasteiger partial charge is 0.338 e. The van der Waals surface area contributed by atoms with Gasteiger partial charge in [0.1, 0.15) is 23.9 Å². The molecule has 1 aromatic carbocycles. The third-order valence-electron chi connectivity index (χ3n) is 11.6. The molecule has 1 aromatic rings. The van der Waals surface area contributed by atoms with Gasteiger partial charge in [-0.15, -0.1) is 0 Å². The number of nitrogens with one attached hydrogen (secondary N) is 1. The van der Waals surface area contributed by atoms with E-state index in [9.17, 15) is 39.6 Å². The molecular weight excluding hydrogens is 598 g/mol. The van der Waals surface area contributed by atoms with Crippen molar-refractivity contribution in [1.82, 2.24) is 5.32 Å². The number of amides is 1. The summed E-state index contributed by atoms with van der Waals surface area (Å²) in [6.45, 7) is 10.8. The number of esters is 2. The summed E-state index contributed by atoms with van der Waals surface area (Å²) >= 11 is 0. The van der Waals surface area contributed by atoms with Crippen LogP contribution in [0.2, 0.25) is 0 Å². The maximum absolute atomic E-state index is 14.4. The Labute approximate surface area is 268 Å². The molecule has 4 aliphatic rings. The lowest BCUT2D eigenvalue weighted by Crippen LogP contribution is -2.79. The molecule has 0 spiro atoms. The third kappa shape index (κ3) is 4.92. The molecule has 0 aromatic heterocycles. The standard InChI is InChI=1S/C34H45NO11/c1-16-20(46-30(42)26(40)24(35-17(2)36)19-11-9-8-10-12-19)14-32(6)29(45-18(3)37)27-33(7,21(38)13-22-34(27,43)15-44-22)28(41)25(39)23(16)31(32,4)5/h8-12,20-22,24-27,29,38-40,43H,13-15H2,1-7H3,(H,35,36)/t20?,21?,22?,24?,25?,26?,27?,29?,32?,33-,34+/m1/s1. The summed E-state index contributed by atoms with van der Waals surface area (Å²) in [6.07, 6.45) is -8.11. The normalized spacial score (nSPS) is 39.3. The first-order valence-electron chi connectivity index (χ1n) is 15.7. The molecule has 5 rings (SSSR count). The van der Waals surface area contributed by atoms with Crippen LogP contribution in [-0.2, 0) is 33.4 Å². The number of aliphatic hydroxyl groups excluding tert-OH is 3. The maximum Gasteiger partial charge on any atom is 0.338 e. The molecule has 1 saturated heterocycles. The lowest BCUT2D eigenvalue weighted by Gasteiger charge is -2.67. The second kappa shape index (κ2) is 11.5. The minimum absolute atomic E-state index is 0.00701. The number of aliphatic hydroxyl groups is 4. The number of hydrogen-bond acceptors (Lipinski definition) is 11. The number of ketones is 1. The molecule has 1 aliphatic heterocycles. The number of carbonyl (C=O) groups is 4. The Kier molecular flexibility index (Phi) is 8.56. The summed E-state index contributed by atoms with van der Waals surface area (Å²) < 4.78 is 17.6. The fourth-order valence-electron chi connectivity index (χ4n) is 8.67. The van der Waals surface area contributed by atoms with Gasteiger partial charge in [-0.3, -0.25) is 14.4 Å². The van der Waals surface area contributed by atoms with E-state index in [4.69, 9.17) is 14.2 Å². The predicted octanol–water partition coefficient (Wildman–Crippen LogP) is 1.28. The molecule has 2 saturated carbocycles. The SMILES string of the molecule is CC(=O)NC(c1ccccc1)C(O)C(=O)OC1CC2(C)C(OC(C)=O)C3[C@]4(O)COC4CC(O)[C@@]3(C)C(=O)C(O)C(=C1C)C2(C)C. The van der Waals surface area contributed by atoms with Crippen molar-refractivity contribution in [2.75, 3.05) is 6.61 Å². The molecule has 1 heterocycles. The molecule has 12 heteroatoms. The van der Waals surface area contributed by atoms with Crippen LogP contribution in [0, 0.1) is 22.2 Å². The highest BCUT2D eigenvalue weighted by atomic mass is 16.6. The topological polar surface area (TPSA) is 189 Å². The van der Waals surface area contributed by atoms with Crippen molar-refractivity contribution in [1.29, 1.82) is 0 Å². The quantitative estimate of drug-likeness (QED) is 0.222. The van der Waals surface area contributed by atoms with Crippen molar-refractivity contribution < 1.29 is 53.8 Å². The summed E-state index contributed by atoms with van der Waals surface area (Å²) in [4.78, 5) is 52.8. The van der Waals surface area contributed by atoms with E-state index in [1.165, 1.54) is 20.8 Å². The lowest BCUT2D eigenvalue weighted by molar-refractivity contribution is -0.339. The summed E-state index contributed by atoms with van der Waals surface area (Å²) in [5.41, 5.74) is -4.61. The van der Waals surface area contributed by atoms with Crippen LogP contribution in [0.25, 0.3) is 0 Å². The second-order valence-corrected chi connectivity index (χ2v) is 14.4. The Hall–Kier alpha value is -3.16. The zero-order chi connectivity index (χ0) is 34.1. The van der Waals surface area contributed by atoms with Gasteiger partial charge in [0, 0.05) is 31.6 Å². The largest absolute Gasteiger partial charge is 0.461 e. The van der Waals surface area contributed by atoms with E-state index in [0.29, 0.717) is 11.1 Å². The zero-order valence-electron chi connectivity index (χ0n) is 27.3. The molecule has 11 atom stereocenters. The predicted molar refractivity (Wildman–Crippen MR) is 162 cm³/mol. The highest BCUT2D eigenvalue weighted by Crippen LogP contribution is 2.66. The van der Waals surface area contributed by atoms with Crippen molar-refractivity contribution in [2.24, 2.45) is 22.2 Å². The van der Waals surface area contributed by atoms with Gasteiger partial charge in [0.25, 0.3) is 0 Å². The monoisotopic (exact) mass is 643 g/mol. The minimum atomic E-state index is -1.82. The molecule has 1 amide bonds. The van der Waals surface area contributed by atoms with Crippen LogP contribution < -0.4 is 5.32 Å². The molecule has 46 heavy (non-hydrogen) atoms. The van der Waals surface area contributed by atoms with Crippen LogP contribution in [-0.4, -0.2) is 92.9 Å². The lowest BCUT2D eigenvalue weighted by atomic mass is 9.42. The number of Topliss-reactive ketones (excluding diaryl/α,β-unsaturated/α-hetero) is 1. The summed E-state index contributed by atoms with van der Waals surface area (Å²) in [5, 5.41) is 49.2. The van der Waals surface area contributed by atoms with Crippen molar-refractivity contribution >= 4 is 23.6 Å². The van der Waals surface area contributed by atoms with Crippen molar-refractivity contribution in [3.63, 3.8) is 0 Å². The van der Waals surface area contributed by atoms with E-state index in [0.717, 1.165) is 0 Å². The van der Waals surface area contributed by atoms with Gasteiger partial charge in [-0.1, -0.05) is 51.1 Å². The number of fused-ring (bicyclic) bond motifs is 5. The summed E-state index contributed by atoms with van der Waals surface area (Å²) in [6, 6.07) is 7.31. The molecular formula is C34H45NO11. The van der Waals surface area contributed by atoms with Gasteiger partial charge in [-0.05, 0) is 42.4 Å². The van der Waals surface area contributed by atoms with Crippen LogP contribution in [0.4, 0.5) is 0 Å². The Morgan fingerprint density at radius 2 is 1.67 bits per heavy atom. The van der Waals surface area contributed by atoms with Crippen LogP contribution in [0.1, 0.15) is 72.9 Å². The number of hydrogen-bond donors (Lipinski definition) is 5. The zero-order valence-corrected chi connectivity index (χ0v) is 27.3. The summed E-state index contributed by atoms with van der Waals surface area (Å²) in [7, 11) is 0. The maximum atomic E-state index is 14.4. The molecule has 252 valence electrons. The Morgan fingerprint density at radius 1 is 1.04 bits per heavy atom. The van der Waals surface area contributed by atoms with Crippen LogP contribution >= 0.6 is 0 Å². The van der Waals surface area contributed by atoms with Crippen LogP contribution in [0.15, 0.2) is 41.5 Å². The molecule has 9 unspecified atom stereocenters. The van der Waals surface area contributed by atoms with E-state index >= 15 is 0 Å². The number of ether oxygens (including phenoxy) is 3. The van der Waals surface area contributed by atoms with E-state index in [-0.39, 0.29) is 25.0 Å². The van der Waals surface area contributed by atoms with Gasteiger partial charge in [0.05, 0.1) is 30.3 Å². The number of rotatable bonds is 6. The highest BCUT2D eigenvalue weighted by molar-refractivity contribution is 5.93.